The highest BCUT2D eigenvalue weighted by molar-refractivity contribution is 7.09. The summed E-state index contributed by atoms with van der Waals surface area (Å²) >= 11 is 1.48. The Kier molecular flexibility index (Phi) is 4.47. The minimum absolute atomic E-state index is 0.0288. The maximum atomic E-state index is 5.46. The number of nitrogens with zero attached hydrogens (tertiary/aromatic N) is 3. The molecule has 21 heavy (non-hydrogen) atoms. The minimum Gasteiger partial charge on any atom is -0.381 e. The van der Waals surface area contributed by atoms with Crippen LogP contribution in [0.3, 0.4) is 0 Å². The van der Waals surface area contributed by atoms with Crippen molar-refractivity contribution in [3.05, 3.63) is 5.82 Å². The van der Waals surface area contributed by atoms with Crippen molar-refractivity contribution in [1.29, 1.82) is 0 Å². The molecule has 6 heteroatoms. The highest BCUT2D eigenvalue weighted by Crippen LogP contribution is 2.27. The molecular formula is C15H26N4OS. The van der Waals surface area contributed by atoms with E-state index in [1.165, 1.54) is 37.3 Å². The SMILES string of the molecule is CC(C)(C)c1nsc(NCC2CCN2C2CCOCC2)n1. The Bertz CT molecular complexity index is 464. The van der Waals surface area contributed by atoms with Gasteiger partial charge in [-0.3, -0.25) is 4.90 Å². The van der Waals surface area contributed by atoms with Crippen molar-refractivity contribution in [2.75, 3.05) is 31.6 Å². The first-order chi connectivity index (χ1) is 10.0. The van der Waals surface area contributed by atoms with Gasteiger partial charge in [0.1, 0.15) is 5.82 Å². The fraction of sp³-hybridized carbons (Fsp3) is 0.867. The van der Waals surface area contributed by atoms with E-state index in [-0.39, 0.29) is 5.41 Å². The van der Waals surface area contributed by atoms with Gasteiger partial charge in [0.2, 0.25) is 5.13 Å². The monoisotopic (exact) mass is 310 g/mol. The van der Waals surface area contributed by atoms with Crippen LogP contribution in [-0.4, -0.2) is 52.6 Å². The third-order valence-electron chi connectivity index (χ3n) is 4.44. The zero-order chi connectivity index (χ0) is 14.9. The second kappa shape index (κ2) is 6.18. The van der Waals surface area contributed by atoms with Crippen LogP contribution in [0.2, 0.25) is 0 Å². The van der Waals surface area contributed by atoms with Crippen LogP contribution in [0.1, 0.15) is 45.9 Å². The van der Waals surface area contributed by atoms with E-state index >= 15 is 0 Å². The molecule has 118 valence electrons. The maximum Gasteiger partial charge on any atom is 0.202 e. The van der Waals surface area contributed by atoms with Crippen molar-refractivity contribution in [3.8, 4) is 0 Å². The Morgan fingerprint density at radius 3 is 2.62 bits per heavy atom. The molecule has 1 atom stereocenters. The minimum atomic E-state index is 0.0288. The summed E-state index contributed by atoms with van der Waals surface area (Å²) in [5, 5.41) is 4.44. The second-order valence-electron chi connectivity index (χ2n) is 7.08. The molecule has 0 bridgehead atoms. The van der Waals surface area contributed by atoms with Gasteiger partial charge in [-0.05, 0) is 19.3 Å². The lowest BCUT2D eigenvalue weighted by Crippen LogP contribution is -2.57. The van der Waals surface area contributed by atoms with Crippen molar-refractivity contribution < 1.29 is 4.74 Å². The van der Waals surface area contributed by atoms with Crippen LogP contribution in [0.25, 0.3) is 0 Å². The molecule has 2 fully saturated rings. The smallest absolute Gasteiger partial charge is 0.202 e. The number of hydrogen-bond acceptors (Lipinski definition) is 6. The molecule has 1 aromatic heterocycles. The van der Waals surface area contributed by atoms with Gasteiger partial charge in [-0.25, -0.2) is 4.98 Å². The molecule has 0 amide bonds. The molecule has 3 heterocycles. The molecule has 1 N–H and O–H groups in total. The zero-order valence-electron chi connectivity index (χ0n) is 13.3. The fourth-order valence-corrected chi connectivity index (χ4v) is 3.75. The van der Waals surface area contributed by atoms with Crippen molar-refractivity contribution in [2.45, 2.75) is 57.5 Å². The van der Waals surface area contributed by atoms with Gasteiger partial charge in [0.25, 0.3) is 0 Å². The predicted molar refractivity (Wildman–Crippen MR) is 86.1 cm³/mol. The Morgan fingerprint density at radius 1 is 1.29 bits per heavy atom. The summed E-state index contributed by atoms with van der Waals surface area (Å²) < 4.78 is 9.91. The number of aromatic nitrogens is 2. The highest BCUT2D eigenvalue weighted by Gasteiger charge is 2.34. The highest BCUT2D eigenvalue weighted by atomic mass is 32.1. The van der Waals surface area contributed by atoms with Crippen LogP contribution in [0.4, 0.5) is 5.13 Å². The van der Waals surface area contributed by atoms with Crippen LogP contribution >= 0.6 is 11.5 Å². The number of likely N-dealkylation sites (tertiary alicyclic amines) is 1. The van der Waals surface area contributed by atoms with Crippen LogP contribution in [0, 0.1) is 0 Å². The molecule has 0 saturated carbocycles. The van der Waals surface area contributed by atoms with Crippen LogP contribution < -0.4 is 5.32 Å². The van der Waals surface area contributed by atoms with Crippen LogP contribution in [0.5, 0.6) is 0 Å². The molecule has 0 aliphatic carbocycles. The molecule has 0 spiro atoms. The van der Waals surface area contributed by atoms with E-state index < -0.39 is 0 Å². The van der Waals surface area contributed by atoms with Gasteiger partial charge < -0.3 is 10.1 Å². The Morgan fingerprint density at radius 2 is 2.05 bits per heavy atom. The number of rotatable bonds is 4. The molecule has 2 aliphatic heterocycles. The summed E-state index contributed by atoms with van der Waals surface area (Å²) in [5.41, 5.74) is 0.0288. The van der Waals surface area contributed by atoms with Gasteiger partial charge in [0, 0.05) is 55.3 Å². The van der Waals surface area contributed by atoms with Gasteiger partial charge in [0.05, 0.1) is 0 Å². The standard InChI is InChI=1S/C15H26N4OS/c1-15(2,3)13-17-14(21-18-13)16-10-12-4-7-19(12)11-5-8-20-9-6-11/h11-12H,4-10H2,1-3H3,(H,16,17,18). The largest absolute Gasteiger partial charge is 0.381 e. The third-order valence-corrected chi connectivity index (χ3v) is 5.11. The van der Waals surface area contributed by atoms with Crippen molar-refractivity contribution in [3.63, 3.8) is 0 Å². The first-order valence-electron chi connectivity index (χ1n) is 7.95. The average molecular weight is 310 g/mol. The lowest BCUT2D eigenvalue weighted by Gasteiger charge is -2.47. The summed E-state index contributed by atoms with van der Waals surface area (Å²) in [6.07, 6.45) is 3.66. The van der Waals surface area contributed by atoms with Gasteiger partial charge in [0.15, 0.2) is 0 Å². The third kappa shape index (κ3) is 3.55. The summed E-state index contributed by atoms with van der Waals surface area (Å²) in [6.45, 7) is 10.5. The first-order valence-corrected chi connectivity index (χ1v) is 8.73. The summed E-state index contributed by atoms with van der Waals surface area (Å²) in [6, 6.07) is 1.37. The fourth-order valence-electron chi connectivity index (χ4n) is 2.98. The number of anilines is 1. The topological polar surface area (TPSA) is 50.3 Å². The number of hydrogen-bond donors (Lipinski definition) is 1. The van der Waals surface area contributed by atoms with E-state index in [2.05, 4.69) is 40.3 Å². The molecule has 5 nitrogen and oxygen atoms in total. The summed E-state index contributed by atoms with van der Waals surface area (Å²) in [4.78, 5) is 7.25. The van der Waals surface area contributed by atoms with Gasteiger partial charge >= 0.3 is 0 Å². The average Bonchev–Trinajstić information content (AvgIpc) is 2.88. The van der Waals surface area contributed by atoms with Crippen molar-refractivity contribution >= 4 is 16.7 Å². The first kappa shape index (κ1) is 15.2. The second-order valence-corrected chi connectivity index (χ2v) is 7.83. The van der Waals surface area contributed by atoms with Crippen LogP contribution in [0.15, 0.2) is 0 Å². The van der Waals surface area contributed by atoms with Crippen molar-refractivity contribution in [1.82, 2.24) is 14.3 Å². The molecule has 0 radical (unpaired) electrons. The molecule has 3 rings (SSSR count). The molecule has 2 saturated heterocycles. The normalized spacial score (nSPS) is 24.8. The van der Waals surface area contributed by atoms with E-state index in [0.717, 1.165) is 36.8 Å². The van der Waals surface area contributed by atoms with E-state index in [4.69, 9.17) is 4.74 Å². The Labute approximate surface area is 131 Å². The number of ether oxygens (including phenoxy) is 1. The molecular weight excluding hydrogens is 284 g/mol. The Balaban J connectivity index is 1.50. The predicted octanol–water partition coefficient (Wildman–Crippen LogP) is 2.50. The van der Waals surface area contributed by atoms with Crippen molar-refractivity contribution in [2.24, 2.45) is 0 Å². The van der Waals surface area contributed by atoms with Crippen LogP contribution in [-0.2, 0) is 10.2 Å². The summed E-state index contributed by atoms with van der Waals surface area (Å²) in [5.74, 6) is 0.935. The van der Waals surface area contributed by atoms with E-state index in [0.29, 0.717) is 6.04 Å². The maximum absolute atomic E-state index is 5.46. The molecule has 1 aromatic rings. The van der Waals surface area contributed by atoms with E-state index in [1.807, 2.05) is 0 Å². The molecule has 2 aliphatic rings. The molecule has 1 unspecified atom stereocenters. The summed E-state index contributed by atoms with van der Waals surface area (Å²) in [7, 11) is 0. The lowest BCUT2D eigenvalue weighted by atomic mass is 9.95. The quantitative estimate of drug-likeness (QED) is 0.926. The van der Waals surface area contributed by atoms with Gasteiger partial charge in [-0.2, -0.15) is 4.37 Å². The lowest BCUT2D eigenvalue weighted by molar-refractivity contribution is -0.0189. The number of nitrogens with one attached hydrogen (secondary N) is 1. The van der Waals surface area contributed by atoms with Gasteiger partial charge in [-0.1, -0.05) is 20.8 Å². The Hall–Kier alpha value is -0.720. The zero-order valence-corrected chi connectivity index (χ0v) is 14.1. The van der Waals surface area contributed by atoms with E-state index in [1.54, 1.807) is 0 Å². The van der Waals surface area contributed by atoms with Gasteiger partial charge in [-0.15, -0.1) is 0 Å². The molecule has 0 aromatic carbocycles. The van der Waals surface area contributed by atoms with E-state index in [9.17, 15) is 0 Å².